The minimum atomic E-state index is 0.334. The Hall–Kier alpha value is -1.09. The standard InChI is InChI=1S/C13H22N2O/c1-13(2,3)7-9-16-10-11-6-5-8-15-12(11)14-4/h5-6,8H,7,9-10H2,1-4H3,(H,14,15). The van der Waals surface area contributed by atoms with E-state index in [9.17, 15) is 0 Å². The van der Waals surface area contributed by atoms with Gasteiger partial charge in [0.15, 0.2) is 0 Å². The van der Waals surface area contributed by atoms with Crippen molar-refractivity contribution in [3.05, 3.63) is 23.9 Å². The van der Waals surface area contributed by atoms with E-state index in [1.54, 1.807) is 6.20 Å². The number of rotatable bonds is 5. The zero-order valence-corrected chi connectivity index (χ0v) is 10.7. The molecule has 1 heterocycles. The van der Waals surface area contributed by atoms with Gasteiger partial charge in [-0.3, -0.25) is 0 Å². The van der Waals surface area contributed by atoms with E-state index in [2.05, 4.69) is 31.1 Å². The molecule has 0 spiro atoms. The van der Waals surface area contributed by atoms with Gasteiger partial charge in [0.2, 0.25) is 0 Å². The van der Waals surface area contributed by atoms with Crippen LogP contribution >= 0.6 is 0 Å². The van der Waals surface area contributed by atoms with E-state index in [0.29, 0.717) is 12.0 Å². The number of anilines is 1. The molecule has 0 unspecified atom stereocenters. The van der Waals surface area contributed by atoms with Crippen LogP contribution < -0.4 is 5.32 Å². The molecule has 0 radical (unpaired) electrons. The summed E-state index contributed by atoms with van der Waals surface area (Å²) >= 11 is 0. The highest BCUT2D eigenvalue weighted by atomic mass is 16.5. The predicted molar refractivity (Wildman–Crippen MR) is 67.5 cm³/mol. The minimum Gasteiger partial charge on any atom is -0.377 e. The molecule has 0 atom stereocenters. The lowest BCUT2D eigenvalue weighted by Gasteiger charge is -2.17. The first-order valence-corrected chi connectivity index (χ1v) is 5.72. The van der Waals surface area contributed by atoms with E-state index in [4.69, 9.17) is 4.74 Å². The summed E-state index contributed by atoms with van der Waals surface area (Å²) < 4.78 is 5.66. The molecule has 1 N–H and O–H groups in total. The predicted octanol–water partition coefficient (Wildman–Crippen LogP) is 3.08. The summed E-state index contributed by atoms with van der Waals surface area (Å²) in [5.41, 5.74) is 1.44. The highest BCUT2D eigenvalue weighted by Crippen LogP contribution is 2.19. The molecule has 3 nitrogen and oxygen atoms in total. The fraction of sp³-hybridized carbons (Fsp3) is 0.615. The summed E-state index contributed by atoms with van der Waals surface area (Å²) in [5.74, 6) is 0.901. The van der Waals surface area contributed by atoms with Gasteiger partial charge in [0.05, 0.1) is 6.61 Å². The molecule has 0 saturated carbocycles. The van der Waals surface area contributed by atoms with Crippen LogP contribution in [0, 0.1) is 5.41 Å². The van der Waals surface area contributed by atoms with E-state index in [1.807, 2.05) is 19.2 Å². The molecule has 0 aliphatic carbocycles. The third-order valence-corrected chi connectivity index (χ3v) is 2.38. The molecule has 90 valence electrons. The maximum Gasteiger partial charge on any atom is 0.131 e. The molecule has 0 amide bonds. The Morgan fingerprint density at radius 3 is 2.75 bits per heavy atom. The largest absolute Gasteiger partial charge is 0.377 e. The molecule has 0 aliphatic heterocycles. The fourth-order valence-electron chi connectivity index (χ4n) is 1.34. The van der Waals surface area contributed by atoms with Crippen molar-refractivity contribution in [3.8, 4) is 0 Å². The summed E-state index contributed by atoms with van der Waals surface area (Å²) in [5, 5.41) is 3.06. The quantitative estimate of drug-likeness (QED) is 0.777. The average molecular weight is 222 g/mol. The number of ether oxygens (including phenoxy) is 1. The van der Waals surface area contributed by atoms with Crippen LogP contribution in [-0.2, 0) is 11.3 Å². The monoisotopic (exact) mass is 222 g/mol. The molecule has 0 aromatic carbocycles. The Morgan fingerprint density at radius 1 is 1.38 bits per heavy atom. The highest BCUT2D eigenvalue weighted by Gasteiger charge is 2.09. The molecule has 1 aromatic heterocycles. The first-order valence-electron chi connectivity index (χ1n) is 5.72. The van der Waals surface area contributed by atoms with E-state index in [1.165, 1.54) is 0 Å². The van der Waals surface area contributed by atoms with Crippen LogP contribution in [-0.4, -0.2) is 18.6 Å². The molecule has 0 aliphatic rings. The zero-order valence-electron chi connectivity index (χ0n) is 10.7. The van der Waals surface area contributed by atoms with Gasteiger partial charge in [0.1, 0.15) is 5.82 Å². The van der Waals surface area contributed by atoms with E-state index >= 15 is 0 Å². The smallest absolute Gasteiger partial charge is 0.131 e. The van der Waals surface area contributed by atoms with Crippen LogP contribution in [0.1, 0.15) is 32.8 Å². The lowest BCUT2D eigenvalue weighted by atomic mass is 9.93. The normalized spacial score (nSPS) is 11.5. The van der Waals surface area contributed by atoms with Crippen LogP contribution in [0.25, 0.3) is 0 Å². The van der Waals surface area contributed by atoms with Crippen molar-refractivity contribution >= 4 is 5.82 Å². The van der Waals surface area contributed by atoms with Crippen molar-refractivity contribution in [1.29, 1.82) is 0 Å². The number of nitrogens with one attached hydrogen (secondary N) is 1. The Labute approximate surface area is 98.2 Å². The third-order valence-electron chi connectivity index (χ3n) is 2.38. The first kappa shape index (κ1) is 13.0. The molecule has 16 heavy (non-hydrogen) atoms. The maximum atomic E-state index is 5.66. The number of pyridine rings is 1. The lowest BCUT2D eigenvalue weighted by Crippen LogP contribution is -2.10. The summed E-state index contributed by atoms with van der Waals surface area (Å²) in [7, 11) is 1.88. The topological polar surface area (TPSA) is 34.2 Å². The average Bonchev–Trinajstić information content (AvgIpc) is 2.23. The summed E-state index contributed by atoms with van der Waals surface area (Å²) in [6.07, 6.45) is 2.85. The number of hydrogen-bond acceptors (Lipinski definition) is 3. The molecule has 0 saturated heterocycles. The maximum absolute atomic E-state index is 5.66. The second-order valence-electron chi connectivity index (χ2n) is 5.12. The molecular formula is C13H22N2O. The Balaban J connectivity index is 2.37. The summed E-state index contributed by atoms with van der Waals surface area (Å²) in [6.45, 7) is 8.08. The van der Waals surface area contributed by atoms with Gasteiger partial charge >= 0.3 is 0 Å². The van der Waals surface area contributed by atoms with Gasteiger partial charge in [-0.05, 0) is 17.9 Å². The SMILES string of the molecule is CNc1ncccc1COCCC(C)(C)C. The van der Waals surface area contributed by atoms with Gasteiger partial charge in [-0.15, -0.1) is 0 Å². The third kappa shape index (κ3) is 4.62. The lowest BCUT2D eigenvalue weighted by molar-refractivity contribution is 0.0964. The second-order valence-corrected chi connectivity index (χ2v) is 5.12. The molecular weight excluding hydrogens is 200 g/mol. The van der Waals surface area contributed by atoms with Crippen molar-refractivity contribution in [3.63, 3.8) is 0 Å². The van der Waals surface area contributed by atoms with Crippen LogP contribution in [0.15, 0.2) is 18.3 Å². The Morgan fingerprint density at radius 2 is 2.12 bits per heavy atom. The van der Waals surface area contributed by atoms with Crippen molar-refractivity contribution in [2.24, 2.45) is 5.41 Å². The van der Waals surface area contributed by atoms with Gasteiger partial charge in [-0.2, -0.15) is 0 Å². The second kappa shape index (κ2) is 5.85. The van der Waals surface area contributed by atoms with Gasteiger partial charge in [0, 0.05) is 25.4 Å². The van der Waals surface area contributed by atoms with Gasteiger partial charge in [-0.1, -0.05) is 26.8 Å². The molecule has 3 heteroatoms. The minimum absolute atomic E-state index is 0.334. The van der Waals surface area contributed by atoms with Crippen LogP contribution in [0.4, 0.5) is 5.82 Å². The van der Waals surface area contributed by atoms with Crippen molar-refractivity contribution in [1.82, 2.24) is 4.98 Å². The summed E-state index contributed by atoms with van der Waals surface area (Å²) in [4.78, 5) is 4.23. The zero-order chi connectivity index (χ0) is 12.0. The first-order chi connectivity index (χ1) is 7.53. The van der Waals surface area contributed by atoms with E-state index in [0.717, 1.165) is 24.4 Å². The summed E-state index contributed by atoms with van der Waals surface area (Å²) in [6, 6.07) is 3.97. The van der Waals surface area contributed by atoms with Crippen molar-refractivity contribution in [2.75, 3.05) is 19.0 Å². The number of nitrogens with zero attached hydrogens (tertiary/aromatic N) is 1. The van der Waals surface area contributed by atoms with Gasteiger partial charge in [-0.25, -0.2) is 4.98 Å². The molecule has 0 bridgehead atoms. The number of aromatic nitrogens is 1. The fourth-order valence-corrected chi connectivity index (χ4v) is 1.34. The molecule has 1 aromatic rings. The van der Waals surface area contributed by atoms with Crippen LogP contribution in [0.5, 0.6) is 0 Å². The van der Waals surface area contributed by atoms with Crippen LogP contribution in [0.2, 0.25) is 0 Å². The van der Waals surface area contributed by atoms with E-state index in [-0.39, 0.29) is 0 Å². The van der Waals surface area contributed by atoms with Crippen molar-refractivity contribution < 1.29 is 4.74 Å². The van der Waals surface area contributed by atoms with Crippen LogP contribution in [0.3, 0.4) is 0 Å². The Bertz CT molecular complexity index is 318. The van der Waals surface area contributed by atoms with Gasteiger partial charge < -0.3 is 10.1 Å². The number of hydrogen-bond donors (Lipinski definition) is 1. The van der Waals surface area contributed by atoms with E-state index < -0.39 is 0 Å². The highest BCUT2D eigenvalue weighted by molar-refractivity contribution is 5.42. The molecule has 0 fully saturated rings. The van der Waals surface area contributed by atoms with Crippen molar-refractivity contribution in [2.45, 2.75) is 33.8 Å². The molecule has 1 rings (SSSR count). The van der Waals surface area contributed by atoms with Gasteiger partial charge in [0.25, 0.3) is 0 Å². The Kier molecular flexibility index (Phi) is 4.74.